The Balaban J connectivity index is 1.88. The number of hydrogen-bond donors (Lipinski definition) is 1. The van der Waals surface area contributed by atoms with Crippen molar-refractivity contribution in [3.63, 3.8) is 0 Å². The predicted octanol–water partition coefficient (Wildman–Crippen LogP) is 4.49. The van der Waals surface area contributed by atoms with Gasteiger partial charge in [0.05, 0.1) is 0 Å². The van der Waals surface area contributed by atoms with E-state index in [9.17, 15) is 4.79 Å². The summed E-state index contributed by atoms with van der Waals surface area (Å²) in [4.78, 5) is 13.9. The van der Waals surface area contributed by atoms with E-state index in [0.717, 1.165) is 35.1 Å². The molecular weight excluding hydrogens is 346 g/mol. The minimum atomic E-state index is 0.147. The molecule has 21 heavy (non-hydrogen) atoms. The molecule has 4 heteroatoms. The Morgan fingerprint density at radius 3 is 2.95 bits per heavy atom. The summed E-state index contributed by atoms with van der Waals surface area (Å²) < 4.78 is 1.08. The number of benzene rings is 1. The minimum Gasteiger partial charge on any atom is -0.361 e. The molecule has 108 valence electrons. The second kappa shape index (κ2) is 5.33. The standard InChI is InChI=1S/C17H16BrNOS/c18-11-4-1-3-10(9-11)15-16-12(5-2-6-14(16)20)19-13-7-8-21-17(13)15/h1,3-4,9,15,19H,2,5-8H2. The molecule has 2 heterocycles. The Hall–Kier alpha value is -1.00. The number of rotatable bonds is 1. The molecule has 1 atom stereocenters. The highest BCUT2D eigenvalue weighted by Crippen LogP contribution is 2.50. The lowest BCUT2D eigenvalue weighted by Gasteiger charge is -2.33. The summed E-state index contributed by atoms with van der Waals surface area (Å²) >= 11 is 5.47. The number of ketones is 1. The molecule has 0 amide bonds. The van der Waals surface area contributed by atoms with Gasteiger partial charge in [-0.2, -0.15) is 0 Å². The third-order valence-corrected chi connectivity index (χ3v) is 6.09. The molecule has 4 rings (SSSR count). The molecule has 0 fully saturated rings. The topological polar surface area (TPSA) is 29.1 Å². The zero-order valence-electron chi connectivity index (χ0n) is 11.6. The number of thioether (sulfide) groups is 1. The highest BCUT2D eigenvalue weighted by Gasteiger charge is 2.38. The SMILES string of the molecule is O=C1CCCC2=C1C(c1cccc(Br)c1)C1=C(CCS1)N2. The van der Waals surface area contributed by atoms with E-state index in [1.807, 2.05) is 17.8 Å². The van der Waals surface area contributed by atoms with E-state index in [4.69, 9.17) is 0 Å². The predicted molar refractivity (Wildman–Crippen MR) is 90.0 cm³/mol. The van der Waals surface area contributed by atoms with Crippen LogP contribution in [0.15, 0.2) is 50.6 Å². The van der Waals surface area contributed by atoms with Gasteiger partial charge >= 0.3 is 0 Å². The van der Waals surface area contributed by atoms with Crippen molar-refractivity contribution in [1.82, 2.24) is 5.32 Å². The molecule has 2 aliphatic heterocycles. The fraction of sp³-hybridized carbons (Fsp3) is 0.353. The maximum absolute atomic E-state index is 12.5. The Morgan fingerprint density at radius 1 is 1.19 bits per heavy atom. The summed E-state index contributed by atoms with van der Waals surface area (Å²) in [6, 6.07) is 8.41. The van der Waals surface area contributed by atoms with Crippen LogP contribution in [0.5, 0.6) is 0 Å². The van der Waals surface area contributed by atoms with E-state index in [1.54, 1.807) is 0 Å². The van der Waals surface area contributed by atoms with Gasteiger partial charge in [0.2, 0.25) is 0 Å². The monoisotopic (exact) mass is 361 g/mol. The molecular formula is C17H16BrNOS. The largest absolute Gasteiger partial charge is 0.361 e. The third-order valence-electron chi connectivity index (χ3n) is 4.40. The van der Waals surface area contributed by atoms with Gasteiger partial charge < -0.3 is 5.32 Å². The number of allylic oxidation sites excluding steroid dienone is 4. The summed E-state index contributed by atoms with van der Waals surface area (Å²) in [5, 5.41) is 3.57. The quantitative estimate of drug-likeness (QED) is 0.798. The Bertz CT molecular complexity index is 692. The van der Waals surface area contributed by atoms with Gasteiger partial charge in [0.25, 0.3) is 0 Å². The van der Waals surface area contributed by atoms with Gasteiger partial charge in [-0.3, -0.25) is 4.79 Å². The van der Waals surface area contributed by atoms with Gasteiger partial charge in [-0.25, -0.2) is 0 Å². The van der Waals surface area contributed by atoms with E-state index in [1.165, 1.54) is 21.9 Å². The molecule has 0 spiro atoms. The fourth-order valence-corrected chi connectivity index (χ4v) is 5.19. The zero-order chi connectivity index (χ0) is 14.4. The maximum Gasteiger partial charge on any atom is 0.161 e. The first-order valence-corrected chi connectivity index (χ1v) is 9.16. The Morgan fingerprint density at radius 2 is 2.10 bits per heavy atom. The minimum absolute atomic E-state index is 0.147. The first-order valence-electron chi connectivity index (χ1n) is 7.38. The van der Waals surface area contributed by atoms with Gasteiger partial charge in [-0.05, 0) is 37.0 Å². The van der Waals surface area contributed by atoms with Crippen LogP contribution in [-0.2, 0) is 4.79 Å². The van der Waals surface area contributed by atoms with Crippen LogP contribution in [0.4, 0.5) is 0 Å². The smallest absolute Gasteiger partial charge is 0.161 e. The van der Waals surface area contributed by atoms with E-state index in [-0.39, 0.29) is 5.92 Å². The molecule has 0 aromatic heterocycles. The molecule has 1 aliphatic carbocycles. The summed E-state index contributed by atoms with van der Waals surface area (Å²) in [5.41, 5.74) is 4.78. The lowest BCUT2D eigenvalue weighted by atomic mass is 9.79. The van der Waals surface area contributed by atoms with Gasteiger partial charge in [-0.15, -0.1) is 11.8 Å². The molecule has 0 bridgehead atoms. The number of dihydropyridines is 1. The van der Waals surface area contributed by atoms with E-state index in [0.29, 0.717) is 12.2 Å². The average molecular weight is 362 g/mol. The molecule has 0 saturated carbocycles. The molecule has 1 aromatic rings. The third kappa shape index (κ3) is 2.29. The summed E-state index contributed by atoms with van der Waals surface area (Å²) in [7, 11) is 0. The van der Waals surface area contributed by atoms with Crippen molar-refractivity contribution in [2.45, 2.75) is 31.6 Å². The average Bonchev–Trinajstić information content (AvgIpc) is 2.93. The molecule has 0 radical (unpaired) electrons. The summed E-state index contributed by atoms with van der Waals surface area (Å²) in [5.74, 6) is 1.60. The van der Waals surface area contributed by atoms with Crippen molar-refractivity contribution >= 4 is 33.5 Å². The first-order chi connectivity index (χ1) is 10.2. The molecule has 1 unspecified atom stereocenters. The van der Waals surface area contributed by atoms with Crippen molar-refractivity contribution < 1.29 is 4.79 Å². The molecule has 1 aromatic carbocycles. The number of Topliss-reactive ketones (excluding diaryl/α,β-unsaturated/α-hetero) is 1. The van der Waals surface area contributed by atoms with Crippen molar-refractivity contribution in [1.29, 1.82) is 0 Å². The van der Waals surface area contributed by atoms with Crippen LogP contribution in [0.1, 0.15) is 37.2 Å². The summed E-state index contributed by atoms with van der Waals surface area (Å²) in [6.07, 6.45) is 3.77. The number of hydrogen-bond acceptors (Lipinski definition) is 3. The lowest BCUT2D eigenvalue weighted by molar-refractivity contribution is -0.116. The van der Waals surface area contributed by atoms with Crippen molar-refractivity contribution in [2.75, 3.05) is 5.75 Å². The highest BCUT2D eigenvalue weighted by atomic mass is 79.9. The normalized spacial score (nSPS) is 24.8. The van der Waals surface area contributed by atoms with Crippen LogP contribution in [0.3, 0.4) is 0 Å². The number of halogens is 1. The lowest BCUT2D eigenvalue weighted by Crippen LogP contribution is -2.30. The number of nitrogens with one attached hydrogen (secondary N) is 1. The van der Waals surface area contributed by atoms with Gasteiger partial charge in [0, 0.05) is 44.4 Å². The second-order valence-electron chi connectivity index (χ2n) is 5.72. The molecule has 1 N–H and O–H groups in total. The number of carbonyl (C=O) groups excluding carboxylic acids is 1. The van der Waals surface area contributed by atoms with E-state index < -0.39 is 0 Å². The fourth-order valence-electron chi connectivity index (χ4n) is 3.50. The Labute approximate surface area is 137 Å². The van der Waals surface area contributed by atoms with Gasteiger partial charge in [0.15, 0.2) is 5.78 Å². The first kappa shape index (κ1) is 13.6. The van der Waals surface area contributed by atoms with Gasteiger partial charge in [0.1, 0.15) is 0 Å². The van der Waals surface area contributed by atoms with Crippen molar-refractivity contribution in [3.8, 4) is 0 Å². The van der Waals surface area contributed by atoms with E-state index in [2.05, 4.69) is 39.4 Å². The molecule has 3 aliphatic rings. The van der Waals surface area contributed by atoms with Crippen LogP contribution in [0, 0.1) is 0 Å². The highest BCUT2D eigenvalue weighted by molar-refractivity contribution is 9.10. The van der Waals surface area contributed by atoms with Crippen molar-refractivity contribution in [3.05, 3.63) is 56.2 Å². The maximum atomic E-state index is 12.5. The van der Waals surface area contributed by atoms with Gasteiger partial charge in [-0.1, -0.05) is 28.1 Å². The Kier molecular flexibility index (Phi) is 3.46. The number of carbonyl (C=O) groups is 1. The van der Waals surface area contributed by atoms with E-state index >= 15 is 0 Å². The van der Waals surface area contributed by atoms with Crippen LogP contribution in [-0.4, -0.2) is 11.5 Å². The van der Waals surface area contributed by atoms with Crippen LogP contribution < -0.4 is 5.32 Å². The van der Waals surface area contributed by atoms with Crippen molar-refractivity contribution in [2.24, 2.45) is 0 Å². The van der Waals surface area contributed by atoms with Crippen LogP contribution >= 0.6 is 27.7 Å². The molecule has 2 nitrogen and oxygen atoms in total. The zero-order valence-corrected chi connectivity index (χ0v) is 14.0. The molecule has 0 saturated heterocycles. The van der Waals surface area contributed by atoms with Crippen LogP contribution in [0.25, 0.3) is 0 Å². The second-order valence-corrected chi connectivity index (χ2v) is 7.78. The summed E-state index contributed by atoms with van der Waals surface area (Å²) in [6.45, 7) is 0. The van der Waals surface area contributed by atoms with Crippen LogP contribution in [0.2, 0.25) is 0 Å².